The van der Waals surface area contributed by atoms with Gasteiger partial charge in [-0.3, -0.25) is 14.6 Å². The monoisotopic (exact) mass is 249 g/mol. The second-order valence-corrected chi connectivity index (χ2v) is 3.51. The van der Waals surface area contributed by atoms with Crippen LogP contribution in [0.25, 0.3) is 6.08 Å². The molecule has 0 N–H and O–H groups in total. The molecule has 5 nitrogen and oxygen atoms in total. The van der Waals surface area contributed by atoms with Crippen LogP contribution in [-0.4, -0.2) is 23.7 Å². The molecule has 1 aromatic heterocycles. The van der Waals surface area contributed by atoms with Crippen LogP contribution >= 0.6 is 0 Å². The molecule has 0 aromatic carbocycles. The number of carbonyl (C=O) groups is 2. The van der Waals surface area contributed by atoms with E-state index in [2.05, 4.69) is 16.3 Å². The predicted molar refractivity (Wildman–Crippen MR) is 65.4 cm³/mol. The molecule has 96 valence electrons. The number of rotatable bonds is 6. The van der Waals surface area contributed by atoms with E-state index in [1.165, 1.54) is 0 Å². The van der Waals surface area contributed by atoms with Crippen molar-refractivity contribution in [3.05, 3.63) is 36.2 Å². The molecule has 0 fully saturated rings. The van der Waals surface area contributed by atoms with Crippen molar-refractivity contribution in [2.24, 2.45) is 0 Å². The number of aromatic nitrogens is 1. The summed E-state index contributed by atoms with van der Waals surface area (Å²) >= 11 is 0. The van der Waals surface area contributed by atoms with Crippen LogP contribution in [0, 0.1) is 0 Å². The molecule has 18 heavy (non-hydrogen) atoms. The van der Waals surface area contributed by atoms with Crippen LogP contribution in [0.5, 0.6) is 0 Å². The highest BCUT2D eigenvalue weighted by Gasteiger charge is 2.06. The fourth-order valence-electron chi connectivity index (χ4n) is 1.20. The Hall–Kier alpha value is -2.17. The second kappa shape index (κ2) is 7.21. The van der Waals surface area contributed by atoms with Gasteiger partial charge in [0.25, 0.3) is 0 Å². The van der Waals surface area contributed by atoms with Crippen molar-refractivity contribution >= 4 is 18.0 Å². The van der Waals surface area contributed by atoms with Crippen molar-refractivity contribution in [2.45, 2.75) is 19.8 Å². The minimum absolute atomic E-state index is 0.0817. The first-order chi connectivity index (χ1) is 8.65. The summed E-state index contributed by atoms with van der Waals surface area (Å²) in [7, 11) is 0. The van der Waals surface area contributed by atoms with Crippen LogP contribution in [0.2, 0.25) is 0 Å². The lowest BCUT2D eigenvalue weighted by Gasteiger charge is -2.05. The second-order valence-electron chi connectivity index (χ2n) is 3.51. The van der Waals surface area contributed by atoms with Crippen LogP contribution in [0.15, 0.2) is 25.0 Å². The molecule has 0 bridgehead atoms. The fraction of sp³-hybridized carbons (Fsp3) is 0.308. The lowest BCUT2D eigenvalue weighted by molar-refractivity contribution is -0.166. The molecule has 0 amide bonds. The Kier molecular flexibility index (Phi) is 5.57. The lowest BCUT2D eigenvalue weighted by Crippen LogP contribution is -2.13. The van der Waals surface area contributed by atoms with Gasteiger partial charge in [0.1, 0.15) is 0 Å². The maximum atomic E-state index is 11.4. The van der Waals surface area contributed by atoms with Gasteiger partial charge in [-0.25, -0.2) is 0 Å². The molecule has 1 rings (SSSR count). The van der Waals surface area contributed by atoms with E-state index in [4.69, 9.17) is 4.74 Å². The van der Waals surface area contributed by atoms with Crippen LogP contribution in [0.4, 0.5) is 0 Å². The summed E-state index contributed by atoms with van der Waals surface area (Å²) in [6, 6.07) is 1.79. The van der Waals surface area contributed by atoms with Gasteiger partial charge < -0.3 is 9.47 Å². The zero-order chi connectivity index (χ0) is 13.4. The average molecular weight is 249 g/mol. The van der Waals surface area contributed by atoms with Crippen LogP contribution in [-0.2, 0) is 25.5 Å². The summed E-state index contributed by atoms with van der Waals surface area (Å²) in [4.78, 5) is 26.2. The van der Waals surface area contributed by atoms with Gasteiger partial charge in [0.2, 0.25) is 6.79 Å². The molecule has 0 aliphatic carbocycles. The zero-order valence-corrected chi connectivity index (χ0v) is 10.2. The van der Waals surface area contributed by atoms with E-state index in [1.54, 1.807) is 31.5 Å². The number of carbonyl (C=O) groups excluding carboxylic acids is 2. The highest BCUT2D eigenvalue weighted by atomic mass is 16.7. The normalized spacial score (nSPS) is 9.61. The number of esters is 2. The van der Waals surface area contributed by atoms with E-state index in [9.17, 15) is 9.59 Å². The van der Waals surface area contributed by atoms with Crippen LogP contribution < -0.4 is 0 Å². The van der Waals surface area contributed by atoms with Crippen LogP contribution in [0.1, 0.15) is 24.5 Å². The van der Waals surface area contributed by atoms with Crippen LogP contribution in [0.3, 0.4) is 0 Å². The highest BCUT2D eigenvalue weighted by molar-refractivity contribution is 5.73. The third-order valence-electron chi connectivity index (χ3n) is 2.13. The SMILES string of the molecule is C=Cc1cncc(CC(=O)OCOC(=O)CC)c1. The van der Waals surface area contributed by atoms with E-state index in [-0.39, 0.29) is 19.6 Å². The van der Waals surface area contributed by atoms with E-state index < -0.39 is 11.9 Å². The molecular formula is C13H15NO4. The molecule has 0 aliphatic rings. The predicted octanol–water partition coefficient (Wildman–Crippen LogP) is 1.72. The maximum absolute atomic E-state index is 11.4. The Labute approximate surface area is 105 Å². The third kappa shape index (κ3) is 4.78. The van der Waals surface area contributed by atoms with Gasteiger partial charge in [-0.2, -0.15) is 0 Å². The largest absolute Gasteiger partial charge is 0.428 e. The fourth-order valence-corrected chi connectivity index (χ4v) is 1.20. The van der Waals surface area contributed by atoms with Crippen molar-refractivity contribution < 1.29 is 19.1 Å². The molecule has 0 spiro atoms. The van der Waals surface area contributed by atoms with Gasteiger partial charge in [-0.05, 0) is 17.2 Å². The van der Waals surface area contributed by atoms with E-state index in [1.807, 2.05) is 0 Å². The maximum Gasteiger partial charge on any atom is 0.313 e. The first-order valence-corrected chi connectivity index (χ1v) is 5.53. The summed E-state index contributed by atoms with van der Waals surface area (Å²) in [5, 5.41) is 0. The van der Waals surface area contributed by atoms with Gasteiger partial charge in [0.15, 0.2) is 0 Å². The van der Waals surface area contributed by atoms with Crippen molar-refractivity contribution in [3.8, 4) is 0 Å². The number of ether oxygens (including phenoxy) is 2. The Morgan fingerprint density at radius 3 is 2.72 bits per heavy atom. The minimum atomic E-state index is -0.470. The zero-order valence-electron chi connectivity index (χ0n) is 10.2. The third-order valence-corrected chi connectivity index (χ3v) is 2.13. The summed E-state index contributed by atoms with van der Waals surface area (Å²) in [6.45, 7) is 4.93. The Morgan fingerprint density at radius 2 is 2.06 bits per heavy atom. The average Bonchev–Trinajstić information content (AvgIpc) is 2.38. The van der Waals surface area contributed by atoms with Gasteiger partial charge in [0, 0.05) is 18.8 Å². The minimum Gasteiger partial charge on any atom is -0.428 e. The van der Waals surface area contributed by atoms with Gasteiger partial charge in [-0.1, -0.05) is 19.6 Å². The number of hydrogen-bond donors (Lipinski definition) is 0. The first kappa shape index (κ1) is 13.9. The Morgan fingerprint density at radius 1 is 1.33 bits per heavy atom. The van der Waals surface area contributed by atoms with E-state index >= 15 is 0 Å². The highest BCUT2D eigenvalue weighted by Crippen LogP contribution is 2.05. The molecule has 1 heterocycles. The van der Waals surface area contributed by atoms with Gasteiger partial charge in [-0.15, -0.1) is 0 Å². The quantitative estimate of drug-likeness (QED) is 0.567. The molecule has 1 aromatic rings. The topological polar surface area (TPSA) is 65.5 Å². The number of hydrogen-bond acceptors (Lipinski definition) is 5. The molecule has 0 saturated heterocycles. The van der Waals surface area contributed by atoms with Crippen molar-refractivity contribution in [2.75, 3.05) is 6.79 Å². The van der Waals surface area contributed by atoms with Gasteiger partial charge >= 0.3 is 11.9 Å². The molecule has 0 aliphatic heterocycles. The smallest absolute Gasteiger partial charge is 0.313 e. The van der Waals surface area contributed by atoms with E-state index in [0.717, 1.165) is 11.1 Å². The molecular weight excluding hydrogens is 234 g/mol. The lowest BCUT2D eigenvalue weighted by atomic mass is 10.1. The molecule has 0 saturated carbocycles. The molecule has 0 atom stereocenters. The standard InChI is InChI=1S/C13H15NO4/c1-3-10-5-11(8-14-7-10)6-13(16)18-9-17-12(15)4-2/h3,5,7-8H,1,4,6,9H2,2H3. The van der Waals surface area contributed by atoms with Crippen molar-refractivity contribution in [1.29, 1.82) is 0 Å². The van der Waals surface area contributed by atoms with E-state index in [0.29, 0.717) is 0 Å². The summed E-state index contributed by atoms with van der Waals surface area (Å²) < 4.78 is 9.39. The number of pyridine rings is 1. The Balaban J connectivity index is 2.39. The summed E-state index contributed by atoms with van der Waals surface area (Å²) in [5.41, 5.74) is 1.55. The molecule has 5 heteroatoms. The van der Waals surface area contributed by atoms with Gasteiger partial charge in [0.05, 0.1) is 6.42 Å². The van der Waals surface area contributed by atoms with Crippen molar-refractivity contribution in [3.63, 3.8) is 0 Å². The summed E-state index contributed by atoms with van der Waals surface area (Å²) in [6.07, 6.45) is 5.20. The molecule has 0 unspecified atom stereocenters. The summed E-state index contributed by atoms with van der Waals surface area (Å²) in [5.74, 6) is -0.875. The van der Waals surface area contributed by atoms with Crippen molar-refractivity contribution in [1.82, 2.24) is 4.98 Å². The number of nitrogens with zero attached hydrogens (tertiary/aromatic N) is 1. The Bertz CT molecular complexity index is 442. The molecule has 0 radical (unpaired) electrons. The first-order valence-electron chi connectivity index (χ1n) is 5.53.